The van der Waals surface area contributed by atoms with Gasteiger partial charge in [-0.05, 0) is 12.8 Å². The van der Waals surface area contributed by atoms with Gasteiger partial charge in [-0.25, -0.2) is 0 Å². The minimum Gasteiger partial charge on any atom is -0.366 e. The van der Waals surface area contributed by atoms with Crippen LogP contribution in [0.2, 0.25) is 0 Å². The van der Waals surface area contributed by atoms with Crippen LogP contribution in [0.25, 0.3) is 0 Å². The van der Waals surface area contributed by atoms with E-state index in [4.69, 9.17) is 4.74 Å². The van der Waals surface area contributed by atoms with Crippen LogP contribution in [0, 0.1) is 5.92 Å². The Balaban J connectivity index is 1.91. The highest BCUT2D eigenvalue weighted by Crippen LogP contribution is 2.12. The summed E-state index contributed by atoms with van der Waals surface area (Å²) in [5, 5.41) is 0. The third kappa shape index (κ3) is 1.95. The standard InChI is InChI=1S/C7H15NO/c1-3-9-6-8-4-7(2)5-8/h7H,3-6H2,1-2H3. The Morgan fingerprint density at radius 3 is 2.67 bits per heavy atom. The molecule has 54 valence electrons. The summed E-state index contributed by atoms with van der Waals surface area (Å²) in [6, 6.07) is 0. The topological polar surface area (TPSA) is 12.5 Å². The van der Waals surface area contributed by atoms with Crippen LogP contribution < -0.4 is 0 Å². The number of likely N-dealkylation sites (tertiary alicyclic amines) is 1. The molecule has 1 fully saturated rings. The molecule has 0 atom stereocenters. The molecule has 0 aromatic rings. The first kappa shape index (κ1) is 7.03. The highest BCUT2D eigenvalue weighted by atomic mass is 16.5. The highest BCUT2D eigenvalue weighted by molar-refractivity contribution is 4.72. The second-order valence-electron chi connectivity index (χ2n) is 2.76. The smallest absolute Gasteiger partial charge is 0.0990 e. The van der Waals surface area contributed by atoms with Crippen LogP contribution in [0.1, 0.15) is 13.8 Å². The second kappa shape index (κ2) is 3.18. The number of hydrogen-bond donors (Lipinski definition) is 0. The van der Waals surface area contributed by atoms with Crippen molar-refractivity contribution in [2.24, 2.45) is 5.92 Å². The number of rotatable bonds is 3. The highest BCUT2D eigenvalue weighted by Gasteiger charge is 2.21. The summed E-state index contributed by atoms with van der Waals surface area (Å²) in [7, 11) is 0. The van der Waals surface area contributed by atoms with E-state index in [2.05, 4.69) is 11.8 Å². The molecule has 1 rings (SSSR count). The van der Waals surface area contributed by atoms with E-state index < -0.39 is 0 Å². The largest absolute Gasteiger partial charge is 0.366 e. The molecule has 2 nitrogen and oxygen atoms in total. The predicted octanol–water partition coefficient (Wildman–Crippen LogP) is 0.932. The fourth-order valence-electron chi connectivity index (χ4n) is 1.15. The predicted molar refractivity (Wildman–Crippen MR) is 37.2 cm³/mol. The van der Waals surface area contributed by atoms with Crippen molar-refractivity contribution >= 4 is 0 Å². The van der Waals surface area contributed by atoms with E-state index in [0.717, 1.165) is 19.3 Å². The third-order valence-electron chi connectivity index (χ3n) is 1.62. The maximum atomic E-state index is 5.21. The van der Waals surface area contributed by atoms with Crippen LogP contribution >= 0.6 is 0 Å². The zero-order valence-corrected chi connectivity index (χ0v) is 6.26. The van der Waals surface area contributed by atoms with Gasteiger partial charge in [-0.2, -0.15) is 0 Å². The molecule has 0 spiro atoms. The van der Waals surface area contributed by atoms with Crippen LogP contribution in [0.4, 0.5) is 0 Å². The fraction of sp³-hybridized carbons (Fsp3) is 1.00. The summed E-state index contributed by atoms with van der Waals surface area (Å²) >= 11 is 0. The summed E-state index contributed by atoms with van der Waals surface area (Å²) in [6.07, 6.45) is 0. The monoisotopic (exact) mass is 129 g/mol. The van der Waals surface area contributed by atoms with Crippen LogP contribution in [0.15, 0.2) is 0 Å². The van der Waals surface area contributed by atoms with Crippen molar-refractivity contribution in [3.05, 3.63) is 0 Å². The van der Waals surface area contributed by atoms with E-state index in [-0.39, 0.29) is 0 Å². The lowest BCUT2D eigenvalue weighted by atomic mass is 10.0. The molecule has 1 aliphatic rings. The molecular weight excluding hydrogens is 114 g/mol. The molecule has 1 saturated heterocycles. The van der Waals surface area contributed by atoms with Gasteiger partial charge in [0.1, 0.15) is 0 Å². The lowest BCUT2D eigenvalue weighted by Gasteiger charge is -2.36. The molecule has 0 radical (unpaired) electrons. The van der Waals surface area contributed by atoms with Crippen LogP contribution in [-0.4, -0.2) is 31.3 Å². The fourth-order valence-corrected chi connectivity index (χ4v) is 1.15. The van der Waals surface area contributed by atoms with E-state index in [1.165, 1.54) is 13.1 Å². The Morgan fingerprint density at radius 2 is 2.22 bits per heavy atom. The van der Waals surface area contributed by atoms with Gasteiger partial charge in [0.05, 0.1) is 6.73 Å². The number of nitrogens with zero attached hydrogens (tertiary/aromatic N) is 1. The zero-order valence-electron chi connectivity index (χ0n) is 6.26. The first-order chi connectivity index (χ1) is 4.33. The van der Waals surface area contributed by atoms with Crippen molar-refractivity contribution in [1.82, 2.24) is 4.90 Å². The van der Waals surface area contributed by atoms with Gasteiger partial charge in [0, 0.05) is 19.7 Å². The summed E-state index contributed by atoms with van der Waals surface area (Å²) < 4.78 is 5.21. The molecule has 0 N–H and O–H groups in total. The summed E-state index contributed by atoms with van der Waals surface area (Å²) in [5.41, 5.74) is 0. The summed E-state index contributed by atoms with van der Waals surface area (Å²) in [4.78, 5) is 2.31. The SMILES string of the molecule is CCOCN1CC(C)C1. The third-order valence-corrected chi connectivity index (χ3v) is 1.62. The summed E-state index contributed by atoms with van der Waals surface area (Å²) in [6.45, 7) is 8.41. The molecule has 0 aromatic carbocycles. The van der Waals surface area contributed by atoms with Gasteiger partial charge in [-0.15, -0.1) is 0 Å². The zero-order chi connectivity index (χ0) is 6.69. The molecule has 0 bridgehead atoms. The van der Waals surface area contributed by atoms with E-state index in [1.807, 2.05) is 6.92 Å². The van der Waals surface area contributed by atoms with E-state index in [1.54, 1.807) is 0 Å². The Bertz CT molecular complexity index is 79.0. The Labute approximate surface area is 56.8 Å². The van der Waals surface area contributed by atoms with Crippen molar-refractivity contribution in [1.29, 1.82) is 0 Å². The van der Waals surface area contributed by atoms with E-state index in [9.17, 15) is 0 Å². The molecule has 9 heavy (non-hydrogen) atoms. The molecule has 0 amide bonds. The van der Waals surface area contributed by atoms with Crippen molar-refractivity contribution in [3.63, 3.8) is 0 Å². The summed E-state index contributed by atoms with van der Waals surface area (Å²) in [5.74, 6) is 0.894. The first-order valence-corrected chi connectivity index (χ1v) is 3.63. The van der Waals surface area contributed by atoms with Crippen LogP contribution in [0.3, 0.4) is 0 Å². The van der Waals surface area contributed by atoms with Gasteiger partial charge in [-0.3, -0.25) is 4.90 Å². The Morgan fingerprint density at radius 1 is 1.56 bits per heavy atom. The van der Waals surface area contributed by atoms with E-state index in [0.29, 0.717) is 0 Å². The van der Waals surface area contributed by atoms with Crippen molar-refractivity contribution < 1.29 is 4.74 Å². The minimum absolute atomic E-state index is 0.834. The first-order valence-electron chi connectivity index (χ1n) is 3.63. The normalized spacial score (nSPS) is 22.0. The molecule has 1 heterocycles. The molecule has 0 aliphatic carbocycles. The lowest BCUT2D eigenvalue weighted by molar-refractivity contribution is -0.0225. The van der Waals surface area contributed by atoms with Gasteiger partial charge < -0.3 is 4.74 Å². The lowest BCUT2D eigenvalue weighted by Crippen LogP contribution is -2.45. The minimum atomic E-state index is 0.834. The quantitative estimate of drug-likeness (QED) is 0.562. The molecular formula is C7H15NO. The van der Waals surface area contributed by atoms with Gasteiger partial charge >= 0.3 is 0 Å². The Kier molecular flexibility index (Phi) is 2.49. The van der Waals surface area contributed by atoms with E-state index >= 15 is 0 Å². The molecule has 0 saturated carbocycles. The van der Waals surface area contributed by atoms with Gasteiger partial charge in [0.25, 0.3) is 0 Å². The average Bonchev–Trinajstić information content (AvgIpc) is 1.78. The van der Waals surface area contributed by atoms with Crippen LogP contribution in [0.5, 0.6) is 0 Å². The van der Waals surface area contributed by atoms with Crippen molar-refractivity contribution in [2.45, 2.75) is 13.8 Å². The molecule has 1 aliphatic heterocycles. The maximum absolute atomic E-state index is 5.21. The molecule has 2 heteroatoms. The number of ether oxygens (including phenoxy) is 1. The Hall–Kier alpha value is -0.0800. The van der Waals surface area contributed by atoms with Gasteiger partial charge in [0.15, 0.2) is 0 Å². The van der Waals surface area contributed by atoms with Gasteiger partial charge in [-0.1, -0.05) is 6.92 Å². The van der Waals surface area contributed by atoms with Crippen LogP contribution in [-0.2, 0) is 4.74 Å². The molecule has 0 aromatic heterocycles. The van der Waals surface area contributed by atoms with Gasteiger partial charge in [0.2, 0.25) is 0 Å². The number of hydrogen-bond acceptors (Lipinski definition) is 2. The molecule has 0 unspecified atom stereocenters. The van der Waals surface area contributed by atoms with Crippen molar-refractivity contribution in [2.75, 3.05) is 26.4 Å². The average molecular weight is 129 g/mol. The van der Waals surface area contributed by atoms with Crippen molar-refractivity contribution in [3.8, 4) is 0 Å². The maximum Gasteiger partial charge on any atom is 0.0990 e. The second-order valence-corrected chi connectivity index (χ2v) is 2.76.